The maximum absolute atomic E-state index is 13.7. The molecule has 3 heteroatoms. The van der Waals surface area contributed by atoms with Crippen molar-refractivity contribution in [2.45, 2.75) is 12.5 Å². The van der Waals surface area contributed by atoms with Gasteiger partial charge in [0.15, 0.2) is 11.9 Å². The van der Waals surface area contributed by atoms with Crippen LogP contribution in [0.25, 0.3) is 0 Å². The summed E-state index contributed by atoms with van der Waals surface area (Å²) in [5.74, 6) is 0.138. The molecule has 0 aromatic heterocycles. The van der Waals surface area contributed by atoms with Gasteiger partial charge >= 0.3 is 0 Å². The SMILES string of the molecule is O=C1Cc2ccccc2OC1c1ccccc1F. The van der Waals surface area contributed by atoms with Crippen LogP contribution in [0.15, 0.2) is 48.5 Å². The maximum atomic E-state index is 13.7. The summed E-state index contributed by atoms with van der Waals surface area (Å²) in [7, 11) is 0. The highest BCUT2D eigenvalue weighted by molar-refractivity contribution is 5.88. The Kier molecular flexibility index (Phi) is 2.59. The first-order valence-electron chi connectivity index (χ1n) is 5.77. The molecule has 1 aliphatic heterocycles. The number of Topliss-reactive ketones (excluding diaryl/α,β-unsaturated/α-hetero) is 1. The third-order valence-corrected chi connectivity index (χ3v) is 3.06. The van der Waals surface area contributed by atoms with Crippen LogP contribution in [0.1, 0.15) is 17.2 Å². The van der Waals surface area contributed by atoms with Crippen molar-refractivity contribution in [3.63, 3.8) is 0 Å². The minimum atomic E-state index is -0.832. The van der Waals surface area contributed by atoms with Gasteiger partial charge in [0.05, 0.1) is 0 Å². The topological polar surface area (TPSA) is 26.3 Å². The van der Waals surface area contributed by atoms with Gasteiger partial charge in [-0.25, -0.2) is 4.39 Å². The lowest BCUT2D eigenvalue weighted by Crippen LogP contribution is -2.26. The number of benzene rings is 2. The fraction of sp³-hybridized carbons (Fsp3) is 0.133. The van der Waals surface area contributed by atoms with Crippen LogP contribution in [-0.4, -0.2) is 5.78 Å². The highest BCUT2D eigenvalue weighted by atomic mass is 19.1. The van der Waals surface area contributed by atoms with E-state index in [4.69, 9.17) is 4.74 Å². The van der Waals surface area contributed by atoms with Gasteiger partial charge in [-0.2, -0.15) is 0 Å². The maximum Gasteiger partial charge on any atom is 0.185 e. The Bertz CT molecular complexity index is 607. The average molecular weight is 242 g/mol. The second-order valence-corrected chi connectivity index (χ2v) is 4.27. The third kappa shape index (κ3) is 1.78. The minimum absolute atomic E-state index is 0.112. The van der Waals surface area contributed by atoms with Gasteiger partial charge in [-0.15, -0.1) is 0 Å². The molecule has 3 rings (SSSR count). The van der Waals surface area contributed by atoms with Crippen LogP contribution in [0.2, 0.25) is 0 Å². The summed E-state index contributed by atoms with van der Waals surface area (Å²) in [4.78, 5) is 12.0. The van der Waals surface area contributed by atoms with Gasteiger partial charge in [-0.05, 0) is 12.1 Å². The molecule has 2 nitrogen and oxygen atoms in total. The molecule has 1 atom stereocenters. The lowest BCUT2D eigenvalue weighted by atomic mass is 9.96. The number of rotatable bonds is 1. The van der Waals surface area contributed by atoms with Crippen molar-refractivity contribution in [3.8, 4) is 5.75 Å². The van der Waals surface area contributed by atoms with Gasteiger partial charge in [0.2, 0.25) is 0 Å². The van der Waals surface area contributed by atoms with Crippen LogP contribution in [0.5, 0.6) is 5.75 Å². The summed E-state index contributed by atoms with van der Waals surface area (Å²) in [5, 5.41) is 0. The van der Waals surface area contributed by atoms with Crippen LogP contribution in [0, 0.1) is 5.82 Å². The van der Waals surface area contributed by atoms with E-state index in [0.29, 0.717) is 11.3 Å². The number of carbonyl (C=O) groups excluding carboxylic acids is 1. The number of hydrogen-bond donors (Lipinski definition) is 0. The van der Waals surface area contributed by atoms with Gasteiger partial charge in [-0.1, -0.05) is 36.4 Å². The van der Waals surface area contributed by atoms with E-state index < -0.39 is 11.9 Å². The lowest BCUT2D eigenvalue weighted by molar-refractivity contribution is -0.126. The molecule has 0 spiro atoms. The lowest BCUT2D eigenvalue weighted by Gasteiger charge is -2.25. The van der Waals surface area contributed by atoms with Crippen molar-refractivity contribution < 1.29 is 13.9 Å². The molecule has 18 heavy (non-hydrogen) atoms. The Morgan fingerprint density at radius 2 is 1.78 bits per heavy atom. The van der Waals surface area contributed by atoms with E-state index in [2.05, 4.69) is 0 Å². The Morgan fingerprint density at radius 3 is 2.61 bits per heavy atom. The second kappa shape index (κ2) is 4.26. The largest absolute Gasteiger partial charge is 0.477 e. The van der Waals surface area contributed by atoms with Gasteiger partial charge < -0.3 is 4.74 Å². The normalized spacial score (nSPS) is 18.1. The number of fused-ring (bicyclic) bond motifs is 1. The van der Waals surface area contributed by atoms with Gasteiger partial charge in [0.1, 0.15) is 11.6 Å². The smallest absolute Gasteiger partial charge is 0.185 e. The van der Waals surface area contributed by atoms with E-state index >= 15 is 0 Å². The van der Waals surface area contributed by atoms with E-state index in [0.717, 1.165) is 5.56 Å². The zero-order chi connectivity index (χ0) is 12.5. The van der Waals surface area contributed by atoms with E-state index in [9.17, 15) is 9.18 Å². The summed E-state index contributed by atoms with van der Waals surface area (Å²) in [5.41, 5.74) is 1.16. The molecular formula is C15H11FO2. The van der Waals surface area contributed by atoms with Crippen molar-refractivity contribution in [1.29, 1.82) is 0 Å². The number of carbonyl (C=O) groups is 1. The first kappa shape index (κ1) is 11.0. The van der Waals surface area contributed by atoms with Crippen molar-refractivity contribution in [2.75, 3.05) is 0 Å². The molecule has 1 unspecified atom stereocenters. The van der Waals surface area contributed by atoms with Crippen LogP contribution in [-0.2, 0) is 11.2 Å². The monoisotopic (exact) mass is 242 g/mol. The summed E-state index contributed by atoms with van der Waals surface area (Å²) in [6, 6.07) is 13.6. The molecule has 1 heterocycles. The molecule has 0 amide bonds. The highest BCUT2D eigenvalue weighted by Crippen LogP contribution is 2.33. The van der Waals surface area contributed by atoms with Crippen LogP contribution < -0.4 is 4.74 Å². The van der Waals surface area contributed by atoms with Crippen molar-refractivity contribution in [2.24, 2.45) is 0 Å². The standard InChI is InChI=1S/C15H11FO2/c16-12-7-3-2-6-11(12)15-13(17)9-10-5-1-4-8-14(10)18-15/h1-8,15H,9H2. The van der Waals surface area contributed by atoms with E-state index in [-0.39, 0.29) is 12.2 Å². The first-order valence-corrected chi connectivity index (χ1v) is 5.77. The highest BCUT2D eigenvalue weighted by Gasteiger charge is 2.30. The van der Waals surface area contributed by atoms with E-state index in [1.165, 1.54) is 6.07 Å². The quantitative estimate of drug-likeness (QED) is 0.768. The number of ether oxygens (including phenoxy) is 1. The van der Waals surface area contributed by atoms with Crippen molar-refractivity contribution in [3.05, 3.63) is 65.5 Å². The molecule has 0 radical (unpaired) electrons. The fourth-order valence-electron chi connectivity index (χ4n) is 2.16. The molecule has 0 N–H and O–H groups in total. The Balaban J connectivity index is 2.01. The van der Waals surface area contributed by atoms with Gasteiger partial charge in [0, 0.05) is 17.5 Å². The van der Waals surface area contributed by atoms with Gasteiger partial charge in [0.25, 0.3) is 0 Å². The molecule has 0 fully saturated rings. The zero-order valence-corrected chi connectivity index (χ0v) is 9.60. The van der Waals surface area contributed by atoms with Crippen LogP contribution in [0.3, 0.4) is 0 Å². The summed E-state index contributed by atoms with van der Waals surface area (Å²) in [6.07, 6.45) is -0.545. The summed E-state index contributed by atoms with van der Waals surface area (Å²) in [6.45, 7) is 0. The molecular weight excluding hydrogens is 231 g/mol. The molecule has 2 aromatic rings. The van der Waals surface area contributed by atoms with E-state index in [1.54, 1.807) is 24.3 Å². The Hall–Kier alpha value is -2.16. The molecule has 0 saturated heterocycles. The average Bonchev–Trinajstić information content (AvgIpc) is 2.39. The summed E-state index contributed by atoms with van der Waals surface area (Å²) < 4.78 is 19.3. The molecule has 90 valence electrons. The predicted octanol–water partition coefficient (Wildman–Crippen LogP) is 3.07. The predicted molar refractivity (Wildman–Crippen MR) is 64.9 cm³/mol. The zero-order valence-electron chi connectivity index (χ0n) is 9.60. The first-order chi connectivity index (χ1) is 8.75. The second-order valence-electron chi connectivity index (χ2n) is 4.27. The number of ketones is 1. The van der Waals surface area contributed by atoms with E-state index in [1.807, 2.05) is 18.2 Å². The molecule has 2 aromatic carbocycles. The van der Waals surface area contributed by atoms with Crippen molar-refractivity contribution >= 4 is 5.78 Å². The molecule has 1 aliphatic rings. The Labute approximate surface area is 104 Å². The molecule has 0 aliphatic carbocycles. The fourth-order valence-corrected chi connectivity index (χ4v) is 2.16. The number of para-hydroxylation sites is 1. The number of hydrogen-bond acceptors (Lipinski definition) is 2. The van der Waals surface area contributed by atoms with Crippen molar-refractivity contribution in [1.82, 2.24) is 0 Å². The van der Waals surface area contributed by atoms with Gasteiger partial charge in [-0.3, -0.25) is 4.79 Å². The number of halogens is 1. The summed E-state index contributed by atoms with van der Waals surface area (Å²) >= 11 is 0. The Morgan fingerprint density at radius 1 is 1.06 bits per heavy atom. The minimum Gasteiger partial charge on any atom is -0.477 e. The third-order valence-electron chi connectivity index (χ3n) is 3.06. The molecule has 0 saturated carbocycles. The molecule has 0 bridgehead atoms. The van der Waals surface area contributed by atoms with Crippen LogP contribution >= 0.6 is 0 Å². The van der Waals surface area contributed by atoms with Crippen LogP contribution in [0.4, 0.5) is 4.39 Å².